The van der Waals surface area contributed by atoms with Gasteiger partial charge in [-0.05, 0) is 0 Å². The highest BCUT2D eigenvalue weighted by Gasteiger charge is 1.80. The summed E-state index contributed by atoms with van der Waals surface area (Å²) < 4.78 is 0. The third-order valence-electron chi connectivity index (χ3n) is 1.92. The molecule has 3 heteroatoms. The number of hydrogen-bond donors (Lipinski definition) is 2. The summed E-state index contributed by atoms with van der Waals surface area (Å²) in [5, 5.41) is 9.56. The molecule has 0 saturated carbocycles. The van der Waals surface area contributed by atoms with Crippen LogP contribution in [0.5, 0.6) is 0 Å². The fourth-order valence-electron chi connectivity index (χ4n) is 0.677. The zero-order chi connectivity index (χ0) is 13.2. The van der Waals surface area contributed by atoms with Gasteiger partial charge in [0.2, 0.25) is 0 Å². The summed E-state index contributed by atoms with van der Waals surface area (Å²) in [6, 6.07) is 0. The molecule has 0 atom stereocenters. The summed E-state index contributed by atoms with van der Waals surface area (Å²) in [4.78, 5) is 9.26. The fourth-order valence-corrected chi connectivity index (χ4v) is 0.677. The minimum Gasteiger partial charge on any atom is -0.465 e. The first kappa shape index (κ1) is 20.7. The van der Waals surface area contributed by atoms with E-state index in [1.54, 1.807) is 0 Å². The highest BCUT2D eigenvalue weighted by Crippen LogP contribution is 2.00. The molecular formula is C13H31NO2. The molecular weight excluding hydrogens is 202 g/mol. The molecule has 3 nitrogen and oxygen atoms in total. The molecule has 0 bridgehead atoms. The van der Waals surface area contributed by atoms with E-state index < -0.39 is 6.09 Å². The SMILES string of the molecule is CCCC.CCCCCCC.CNC(=O)O. The van der Waals surface area contributed by atoms with Crippen LogP contribution in [0.25, 0.3) is 0 Å². The van der Waals surface area contributed by atoms with Crippen LogP contribution >= 0.6 is 0 Å². The largest absolute Gasteiger partial charge is 0.465 e. The molecule has 100 valence electrons. The Morgan fingerprint density at radius 2 is 1.19 bits per heavy atom. The van der Waals surface area contributed by atoms with Gasteiger partial charge in [0.25, 0.3) is 0 Å². The van der Waals surface area contributed by atoms with Crippen molar-refractivity contribution >= 4 is 6.09 Å². The lowest BCUT2D eigenvalue weighted by atomic mass is 10.2. The van der Waals surface area contributed by atoms with Crippen molar-refractivity contribution in [3.8, 4) is 0 Å². The molecule has 0 heterocycles. The zero-order valence-electron chi connectivity index (χ0n) is 11.8. The van der Waals surface area contributed by atoms with Crippen LogP contribution in [0.4, 0.5) is 4.79 Å². The van der Waals surface area contributed by atoms with Crippen LogP contribution in [0.3, 0.4) is 0 Å². The van der Waals surface area contributed by atoms with Gasteiger partial charge in [0.1, 0.15) is 0 Å². The molecule has 1 amide bonds. The smallest absolute Gasteiger partial charge is 0.404 e. The fraction of sp³-hybridized carbons (Fsp3) is 0.923. The molecule has 16 heavy (non-hydrogen) atoms. The lowest BCUT2D eigenvalue weighted by Gasteiger charge is -1.90. The number of nitrogens with one attached hydrogen (secondary N) is 1. The number of rotatable bonds is 5. The maximum Gasteiger partial charge on any atom is 0.404 e. The van der Waals surface area contributed by atoms with Crippen LogP contribution in [0, 0.1) is 0 Å². The standard InChI is InChI=1S/C7H16.C4H10.C2H5NO2/c1-3-5-7-6-4-2;1-3-4-2;1-3-2(4)5/h3-7H2,1-2H3;3-4H2,1-2H3;3H,1H3,(H,4,5). The van der Waals surface area contributed by atoms with Crippen LogP contribution in [-0.2, 0) is 0 Å². The van der Waals surface area contributed by atoms with Gasteiger partial charge in [-0.1, -0.05) is 72.6 Å². The van der Waals surface area contributed by atoms with Gasteiger partial charge in [0, 0.05) is 7.05 Å². The second kappa shape index (κ2) is 23.8. The summed E-state index contributed by atoms with van der Waals surface area (Å²) in [6.07, 6.45) is 8.65. The van der Waals surface area contributed by atoms with E-state index >= 15 is 0 Å². The molecule has 2 N–H and O–H groups in total. The zero-order valence-corrected chi connectivity index (χ0v) is 11.8. The van der Waals surface area contributed by atoms with Crippen molar-refractivity contribution in [1.29, 1.82) is 0 Å². The van der Waals surface area contributed by atoms with Gasteiger partial charge >= 0.3 is 6.09 Å². The minimum absolute atomic E-state index is 0.995. The molecule has 0 spiro atoms. The van der Waals surface area contributed by atoms with Crippen LogP contribution in [0.1, 0.15) is 72.6 Å². The Hall–Kier alpha value is -0.730. The van der Waals surface area contributed by atoms with E-state index in [4.69, 9.17) is 5.11 Å². The predicted molar refractivity (Wildman–Crippen MR) is 72.1 cm³/mol. The first-order valence-electron chi connectivity index (χ1n) is 6.51. The van der Waals surface area contributed by atoms with Gasteiger partial charge in [-0.3, -0.25) is 0 Å². The molecule has 0 radical (unpaired) electrons. The number of amides is 1. The molecule has 0 aromatic rings. The van der Waals surface area contributed by atoms with Crippen molar-refractivity contribution < 1.29 is 9.90 Å². The average Bonchev–Trinajstić information content (AvgIpc) is 2.31. The Bertz CT molecular complexity index is 111. The third-order valence-corrected chi connectivity index (χ3v) is 1.92. The highest BCUT2D eigenvalue weighted by atomic mass is 16.4. The van der Waals surface area contributed by atoms with Gasteiger partial charge in [-0.15, -0.1) is 0 Å². The topological polar surface area (TPSA) is 49.3 Å². The maximum atomic E-state index is 9.26. The predicted octanol–water partition coefficient (Wildman–Crippen LogP) is 4.67. The van der Waals surface area contributed by atoms with Gasteiger partial charge in [0.05, 0.1) is 0 Å². The van der Waals surface area contributed by atoms with Gasteiger partial charge in [-0.25, -0.2) is 4.79 Å². The molecule has 0 fully saturated rings. The first-order chi connectivity index (χ1) is 7.60. The normalized spacial score (nSPS) is 8.06. The van der Waals surface area contributed by atoms with Crippen molar-refractivity contribution in [1.82, 2.24) is 5.32 Å². The number of unbranched alkanes of at least 4 members (excludes halogenated alkanes) is 5. The Morgan fingerprint density at radius 1 is 0.875 bits per heavy atom. The Kier molecular flexibility index (Phi) is 30.8. The molecule has 0 aliphatic carbocycles. The lowest BCUT2D eigenvalue weighted by molar-refractivity contribution is 0.197. The van der Waals surface area contributed by atoms with E-state index in [9.17, 15) is 4.79 Å². The number of hydrogen-bond acceptors (Lipinski definition) is 1. The van der Waals surface area contributed by atoms with Crippen LogP contribution in [0.2, 0.25) is 0 Å². The minimum atomic E-state index is -0.995. The third kappa shape index (κ3) is 50.8. The van der Waals surface area contributed by atoms with Crippen LogP contribution < -0.4 is 5.32 Å². The molecule has 0 unspecified atom stereocenters. The number of carboxylic acid groups (broad SMARTS) is 1. The van der Waals surface area contributed by atoms with Crippen LogP contribution in [0.15, 0.2) is 0 Å². The Morgan fingerprint density at radius 3 is 1.31 bits per heavy atom. The highest BCUT2D eigenvalue weighted by molar-refractivity contribution is 5.63. The quantitative estimate of drug-likeness (QED) is 0.678. The number of carbonyl (C=O) groups is 1. The molecule has 0 aromatic carbocycles. The summed E-state index contributed by atoms with van der Waals surface area (Å²) in [7, 11) is 1.35. The van der Waals surface area contributed by atoms with E-state index in [-0.39, 0.29) is 0 Å². The summed E-state index contributed by atoms with van der Waals surface area (Å²) in [5.41, 5.74) is 0. The molecule has 0 rings (SSSR count). The summed E-state index contributed by atoms with van der Waals surface area (Å²) >= 11 is 0. The second-order valence-corrected chi connectivity index (χ2v) is 3.62. The van der Waals surface area contributed by atoms with Crippen molar-refractivity contribution in [2.45, 2.75) is 72.6 Å². The molecule has 0 aliphatic heterocycles. The van der Waals surface area contributed by atoms with Crippen molar-refractivity contribution in [2.24, 2.45) is 0 Å². The summed E-state index contributed by atoms with van der Waals surface area (Å²) in [5.74, 6) is 0. The van der Waals surface area contributed by atoms with Gasteiger partial charge in [0.15, 0.2) is 0 Å². The maximum absolute atomic E-state index is 9.26. The Balaban J connectivity index is -0.000000166. The Labute approximate surface area is 102 Å². The van der Waals surface area contributed by atoms with E-state index in [1.165, 1.54) is 52.0 Å². The van der Waals surface area contributed by atoms with E-state index in [0.717, 1.165) is 0 Å². The monoisotopic (exact) mass is 233 g/mol. The van der Waals surface area contributed by atoms with Crippen molar-refractivity contribution in [2.75, 3.05) is 7.05 Å². The van der Waals surface area contributed by atoms with Crippen LogP contribution in [-0.4, -0.2) is 18.2 Å². The lowest BCUT2D eigenvalue weighted by Crippen LogP contribution is -2.13. The molecule has 0 aromatic heterocycles. The average molecular weight is 233 g/mol. The first-order valence-corrected chi connectivity index (χ1v) is 6.51. The summed E-state index contributed by atoms with van der Waals surface area (Å²) in [6.45, 7) is 8.85. The van der Waals surface area contributed by atoms with E-state index in [2.05, 4.69) is 27.7 Å². The van der Waals surface area contributed by atoms with Gasteiger partial charge < -0.3 is 10.4 Å². The van der Waals surface area contributed by atoms with Crippen molar-refractivity contribution in [3.05, 3.63) is 0 Å². The van der Waals surface area contributed by atoms with Crippen molar-refractivity contribution in [3.63, 3.8) is 0 Å². The van der Waals surface area contributed by atoms with E-state index in [1.807, 2.05) is 5.32 Å². The van der Waals surface area contributed by atoms with Gasteiger partial charge in [-0.2, -0.15) is 0 Å². The van der Waals surface area contributed by atoms with E-state index in [0.29, 0.717) is 0 Å². The second-order valence-electron chi connectivity index (χ2n) is 3.62. The molecule has 0 aliphatic rings. The molecule has 0 saturated heterocycles.